The highest BCUT2D eigenvalue weighted by Crippen LogP contribution is 2.39. The number of rotatable bonds is 4. The van der Waals surface area contributed by atoms with Crippen molar-refractivity contribution in [3.8, 4) is 11.4 Å². The van der Waals surface area contributed by atoms with Gasteiger partial charge >= 0.3 is 0 Å². The lowest BCUT2D eigenvalue weighted by Gasteiger charge is -2.39. The van der Waals surface area contributed by atoms with E-state index in [2.05, 4.69) is 25.9 Å². The molecule has 118 valence electrons. The lowest BCUT2D eigenvalue weighted by Crippen LogP contribution is -2.49. The molecule has 0 spiro atoms. The van der Waals surface area contributed by atoms with Gasteiger partial charge < -0.3 is 5.32 Å². The highest BCUT2D eigenvalue weighted by molar-refractivity contribution is 5.54. The van der Waals surface area contributed by atoms with Crippen LogP contribution in [0.3, 0.4) is 0 Å². The van der Waals surface area contributed by atoms with Crippen molar-refractivity contribution in [1.82, 2.24) is 25.9 Å². The summed E-state index contributed by atoms with van der Waals surface area (Å²) in [6.45, 7) is 2.42. The first kappa shape index (κ1) is 15.0. The summed E-state index contributed by atoms with van der Waals surface area (Å²) >= 11 is 0. The molecular weight excluding hydrogens is 288 g/mol. The molecule has 0 saturated heterocycles. The summed E-state index contributed by atoms with van der Waals surface area (Å²) in [6, 6.07) is 7.70. The third kappa shape index (κ3) is 3.47. The van der Waals surface area contributed by atoms with Crippen LogP contribution in [-0.2, 0) is 6.54 Å². The smallest absolute Gasteiger partial charge is 0.249 e. The first-order valence-corrected chi connectivity index (χ1v) is 7.42. The number of halogens is 2. The summed E-state index contributed by atoms with van der Waals surface area (Å²) in [5.74, 6) is -2.04. The lowest BCUT2D eigenvalue weighted by atomic mass is 9.81. The number of nitrogens with zero attached hydrogens (tertiary/aromatic N) is 3. The van der Waals surface area contributed by atoms with E-state index in [4.69, 9.17) is 0 Å². The number of hydrogen-bond donors (Lipinski definition) is 2. The summed E-state index contributed by atoms with van der Waals surface area (Å²) in [7, 11) is 0. The molecule has 1 aromatic carbocycles. The minimum absolute atomic E-state index is 0.00240. The number of benzene rings is 1. The van der Waals surface area contributed by atoms with Crippen LogP contribution in [0.2, 0.25) is 0 Å². The molecule has 1 atom stereocenters. The molecule has 2 N–H and O–H groups in total. The summed E-state index contributed by atoms with van der Waals surface area (Å²) in [5, 5.41) is 17.1. The Bertz CT molecular complexity index is 629. The third-order valence-electron chi connectivity index (χ3n) is 4.17. The van der Waals surface area contributed by atoms with Crippen molar-refractivity contribution in [3.05, 3.63) is 29.8 Å². The first-order chi connectivity index (χ1) is 10.5. The highest BCUT2D eigenvalue weighted by atomic mass is 19.3. The molecule has 7 heteroatoms. The van der Waals surface area contributed by atoms with Crippen molar-refractivity contribution >= 4 is 0 Å². The Kier molecular flexibility index (Phi) is 3.90. The average molecular weight is 307 g/mol. The van der Waals surface area contributed by atoms with Gasteiger partial charge in [0.25, 0.3) is 0 Å². The van der Waals surface area contributed by atoms with Crippen LogP contribution in [0, 0.1) is 0 Å². The second-order valence-corrected chi connectivity index (χ2v) is 6.24. The molecule has 1 heterocycles. The molecule has 3 rings (SSSR count). The van der Waals surface area contributed by atoms with Gasteiger partial charge in [0.15, 0.2) is 0 Å². The summed E-state index contributed by atoms with van der Waals surface area (Å²) in [6.07, 6.45) is 1.22. The Morgan fingerprint density at radius 2 is 2.18 bits per heavy atom. The van der Waals surface area contributed by atoms with Gasteiger partial charge in [-0.15, -0.1) is 10.2 Å². The van der Waals surface area contributed by atoms with E-state index in [1.165, 1.54) is 0 Å². The summed E-state index contributed by atoms with van der Waals surface area (Å²) < 4.78 is 27.2. The van der Waals surface area contributed by atoms with Gasteiger partial charge in [-0.05, 0) is 36.6 Å². The van der Waals surface area contributed by atoms with E-state index in [0.29, 0.717) is 18.8 Å². The van der Waals surface area contributed by atoms with Crippen LogP contribution in [0.25, 0.3) is 11.4 Å². The second kappa shape index (κ2) is 5.72. The maximum absolute atomic E-state index is 13.6. The Morgan fingerprint density at radius 3 is 2.91 bits per heavy atom. The molecule has 0 aliphatic heterocycles. The Hall–Kier alpha value is -1.89. The molecule has 1 fully saturated rings. The fourth-order valence-corrected chi connectivity index (χ4v) is 3.06. The third-order valence-corrected chi connectivity index (χ3v) is 4.17. The van der Waals surface area contributed by atoms with Crippen LogP contribution in [0.5, 0.6) is 0 Å². The predicted octanol–water partition coefficient (Wildman–Crippen LogP) is 2.92. The molecule has 0 radical (unpaired) electrons. The van der Waals surface area contributed by atoms with Crippen LogP contribution in [0.1, 0.15) is 38.2 Å². The van der Waals surface area contributed by atoms with Gasteiger partial charge in [0, 0.05) is 30.5 Å². The van der Waals surface area contributed by atoms with E-state index >= 15 is 0 Å². The van der Waals surface area contributed by atoms with E-state index in [9.17, 15) is 8.78 Å². The van der Waals surface area contributed by atoms with Crippen molar-refractivity contribution in [1.29, 1.82) is 0 Å². The summed E-state index contributed by atoms with van der Waals surface area (Å²) in [4.78, 5) is 0. The first-order valence-electron chi connectivity index (χ1n) is 7.42. The van der Waals surface area contributed by atoms with Crippen molar-refractivity contribution in [3.63, 3.8) is 0 Å². The maximum Gasteiger partial charge on any atom is 0.249 e. The Balaban J connectivity index is 1.68. The number of aromatic nitrogens is 4. The van der Waals surface area contributed by atoms with Gasteiger partial charge in [0.1, 0.15) is 0 Å². The highest BCUT2D eigenvalue weighted by Gasteiger charge is 2.42. The van der Waals surface area contributed by atoms with Gasteiger partial charge in [-0.1, -0.05) is 18.2 Å². The molecule has 1 aromatic heterocycles. The minimum atomic E-state index is -2.56. The number of nitrogens with one attached hydrogen (secondary N) is 2. The van der Waals surface area contributed by atoms with Gasteiger partial charge in [-0.3, -0.25) is 0 Å². The van der Waals surface area contributed by atoms with Crippen LogP contribution >= 0.6 is 0 Å². The maximum atomic E-state index is 13.6. The fourth-order valence-electron chi connectivity index (χ4n) is 3.06. The molecule has 22 heavy (non-hydrogen) atoms. The average Bonchev–Trinajstić information content (AvgIpc) is 2.98. The zero-order chi connectivity index (χ0) is 15.6. The number of alkyl halides is 2. The van der Waals surface area contributed by atoms with Crippen molar-refractivity contribution < 1.29 is 8.78 Å². The molecular formula is C15H19F2N5. The molecule has 5 nitrogen and oxygen atoms in total. The Labute approximate surface area is 127 Å². The van der Waals surface area contributed by atoms with Crippen molar-refractivity contribution in [2.75, 3.05) is 0 Å². The van der Waals surface area contributed by atoms with E-state index in [0.717, 1.165) is 17.5 Å². The standard InChI is InChI=1S/C15H19F2N5/c1-14(6-3-7-15(16,17)10-14)18-9-11-4-2-5-12(8-11)13-19-21-22-20-13/h2,4-5,8,18H,3,6-7,9-10H2,1H3,(H,19,20,21,22). The largest absolute Gasteiger partial charge is 0.307 e. The zero-order valence-corrected chi connectivity index (χ0v) is 12.4. The number of tetrazole rings is 1. The molecule has 1 saturated carbocycles. The van der Waals surface area contributed by atoms with Crippen LogP contribution in [-0.4, -0.2) is 32.1 Å². The van der Waals surface area contributed by atoms with E-state index in [1.54, 1.807) is 0 Å². The number of H-pyrrole nitrogens is 1. The molecule has 1 aliphatic rings. The van der Waals surface area contributed by atoms with Crippen LogP contribution < -0.4 is 5.32 Å². The molecule has 1 aliphatic carbocycles. The van der Waals surface area contributed by atoms with Crippen molar-refractivity contribution in [2.45, 2.75) is 50.6 Å². The lowest BCUT2D eigenvalue weighted by molar-refractivity contribution is -0.0634. The monoisotopic (exact) mass is 307 g/mol. The molecule has 0 amide bonds. The van der Waals surface area contributed by atoms with Crippen LogP contribution in [0.15, 0.2) is 24.3 Å². The normalized spacial score (nSPS) is 24.3. The molecule has 0 bridgehead atoms. The Morgan fingerprint density at radius 1 is 1.32 bits per heavy atom. The van der Waals surface area contributed by atoms with E-state index in [-0.39, 0.29) is 12.8 Å². The van der Waals surface area contributed by atoms with E-state index in [1.807, 2.05) is 31.2 Å². The van der Waals surface area contributed by atoms with Gasteiger partial charge in [0.2, 0.25) is 11.7 Å². The van der Waals surface area contributed by atoms with Gasteiger partial charge in [-0.25, -0.2) is 8.78 Å². The van der Waals surface area contributed by atoms with Crippen LogP contribution in [0.4, 0.5) is 8.78 Å². The molecule has 2 aromatic rings. The van der Waals surface area contributed by atoms with Crippen molar-refractivity contribution in [2.24, 2.45) is 0 Å². The second-order valence-electron chi connectivity index (χ2n) is 6.24. The SMILES string of the molecule is CC1(NCc2cccc(-c3nn[nH]n3)c2)CCCC(F)(F)C1. The summed E-state index contributed by atoms with van der Waals surface area (Å²) in [5.41, 5.74) is 1.34. The topological polar surface area (TPSA) is 66.5 Å². The van der Waals surface area contributed by atoms with Gasteiger partial charge in [0.05, 0.1) is 0 Å². The molecule has 1 unspecified atom stereocenters. The predicted molar refractivity (Wildman–Crippen MR) is 78.3 cm³/mol. The fraction of sp³-hybridized carbons (Fsp3) is 0.533. The number of hydrogen-bond acceptors (Lipinski definition) is 4. The quantitative estimate of drug-likeness (QED) is 0.911. The van der Waals surface area contributed by atoms with E-state index < -0.39 is 11.5 Å². The zero-order valence-electron chi connectivity index (χ0n) is 12.4. The number of aromatic amines is 1. The van der Waals surface area contributed by atoms with Gasteiger partial charge in [-0.2, -0.15) is 5.21 Å². The minimum Gasteiger partial charge on any atom is -0.307 e.